The first-order valence-corrected chi connectivity index (χ1v) is 4.87. The maximum atomic E-state index is 11.8. The molecule has 0 spiro atoms. The summed E-state index contributed by atoms with van der Waals surface area (Å²) in [5.41, 5.74) is 4.09. The van der Waals surface area contributed by atoms with E-state index < -0.39 is 11.1 Å². The maximum absolute atomic E-state index is 11.8. The van der Waals surface area contributed by atoms with Gasteiger partial charge in [-0.2, -0.15) is 0 Å². The summed E-state index contributed by atoms with van der Waals surface area (Å²) < 4.78 is 0. The molecule has 84 valence electrons. The first-order valence-electron chi connectivity index (χ1n) is 4.87. The lowest BCUT2D eigenvalue weighted by Gasteiger charge is -2.31. The van der Waals surface area contributed by atoms with Crippen molar-refractivity contribution in [3.8, 4) is 0 Å². The van der Waals surface area contributed by atoms with Gasteiger partial charge in [0.05, 0.1) is 11.1 Å². The van der Waals surface area contributed by atoms with Gasteiger partial charge in [0, 0.05) is 13.6 Å². The Morgan fingerprint density at radius 3 is 2.14 bits per heavy atom. The molecule has 3 N–H and O–H groups in total. The van der Waals surface area contributed by atoms with Crippen molar-refractivity contribution < 1.29 is 9.90 Å². The minimum absolute atomic E-state index is 0.137. The summed E-state index contributed by atoms with van der Waals surface area (Å²) >= 11 is 0. The van der Waals surface area contributed by atoms with Crippen LogP contribution in [0.4, 0.5) is 0 Å². The Morgan fingerprint density at radius 1 is 1.43 bits per heavy atom. The smallest absolute Gasteiger partial charge is 0.242 e. The van der Waals surface area contributed by atoms with Crippen molar-refractivity contribution in [1.82, 2.24) is 4.90 Å². The molecule has 0 radical (unpaired) electrons. The first kappa shape index (κ1) is 13.4. The van der Waals surface area contributed by atoms with E-state index in [0.717, 1.165) is 0 Å². The molecule has 0 rings (SSSR count). The Kier molecular flexibility index (Phi) is 4.09. The quantitative estimate of drug-likeness (QED) is 0.691. The second-order valence-corrected chi connectivity index (χ2v) is 4.74. The molecule has 0 aromatic carbocycles. The van der Waals surface area contributed by atoms with Gasteiger partial charge in [0.15, 0.2) is 0 Å². The molecule has 0 saturated carbocycles. The maximum Gasteiger partial charge on any atom is 0.242 e. The van der Waals surface area contributed by atoms with Crippen molar-refractivity contribution in [2.45, 2.75) is 45.3 Å². The lowest BCUT2D eigenvalue weighted by atomic mass is 9.98. The van der Waals surface area contributed by atoms with E-state index >= 15 is 0 Å². The third-order valence-corrected chi connectivity index (χ3v) is 2.19. The molecule has 1 amide bonds. The first-order chi connectivity index (χ1) is 6.10. The van der Waals surface area contributed by atoms with E-state index in [9.17, 15) is 9.90 Å². The van der Waals surface area contributed by atoms with Gasteiger partial charge < -0.3 is 15.7 Å². The second-order valence-electron chi connectivity index (χ2n) is 4.74. The van der Waals surface area contributed by atoms with Crippen LogP contribution in [0.15, 0.2) is 0 Å². The molecule has 0 aliphatic heterocycles. The van der Waals surface area contributed by atoms with E-state index in [2.05, 4.69) is 0 Å². The van der Waals surface area contributed by atoms with E-state index in [1.54, 1.807) is 27.8 Å². The molecule has 0 aliphatic carbocycles. The molecule has 0 heterocycles. The fourth-order valence-electron chi connectivity index (χ4n) is 1.24. The van der Waals surface area contributed by atoms with Crippen molar-refractivity contribution >= 4 is 5.91 Å². The second kappa shape index (κ2) is 4.28. The van der Waals surface area contributed by atoms with Gasteiger partial charge >= 0.3 is 0 Å². The van der Waals surface area contributed by atoms with Gasteiger partial charge in [0.1, 0.15) is 0 Å². The Hall–Kier alpha value is -0.610. The zero-order chi connectivity index (χ0) is 11.6. The zero-order valence-corrected chi connectivity index (χ0v) is 9.79. The highest BCUT2D eigenvalue weighted by molar-refractivity contribution is 5.85. The van der Waals surface area contributed by atoms with Crippen molar-refractivity contribution in [1.29, 1.82) is 0 Å². The molecular formula is C10H22N2O2. The highest BCUT2D eigenvalue weighted by atomic mass is 16.3. The summed E-state index contributed by atoms with van der Waals surface area (Å²) in [6.07, 6.45) is 0.585. The van der Waals surface area contributed by atoms with E-state index in [0.29, 0.717) is 13.0 Å². The van der Waals surface area contributed by atoms with Crippen LogP contribution in [-0.4, -0.2) is 40.6 Å². The van der Waals surface area contributed by atoms with Crippen LogP contribution in [0.2, 0.25) is 0 Å². The van der Waals surface area contributed by atoms with Gasteiger partial charge in [0.25, 0.3) is 0 Å². The van der Waals surface area contributed by atoms with E-state index in [-0.39, 0.29) is 5.91 Å². The Bertz CT molecular complexity index is 207. The molecular weight excluding hydrogens is 180 g/mol. The SMILES string of the molecule is CCC(C)(N)C(=O)N(C)CC(C)(C)O. The average molecular weight is 202 g/mol. The predicted molar refractivity (Wildman–Crippen MR) is 56.8 cm³/mol. The van der Waals surface area contributed by atoms with E-state index in [4.69, 9.17) is 5.73 Å². The molecule has 14 heavy (non-hydrogen) atoms. The van der Waals surface area contributed by atoms with Crippen LogP contribution < -0.4 is 5.73 Å². The third kappa shape index (κ3) is 4.07. The van der Waals surface area contributed by atoms with E-state index in [1.165, 1.54) is 4.90 Å². The number of aliphatic hydroxyl groups is 1. The van der Waals surface area contributed by atoms with Gasteiger partial charge in [-0.15, -0.1) is 0 Å². The van der Waals surface area contributed by atoms with Gasteiger partial charge in [-0.1, -0.05) is 6.92 Å². The minimum Gasteiger partial charge on any atom is -0.389 e. The van der Waals surface area contributed by atoms with Crippen molar-refractivity contribution in [2.24, 2.45) is 5.73 Å². The number of likely N-dealkylation sites (N-methyl/N-ethyl adjacent to an activating group) is 1. The molecule has 0 bridgehead atoms. The summed E-state index contributed by atoms with van der Waals surface area (Å²) in [6, 6.07) is 0. The van der Waals surface area contributed by atoms with Gasteiger partial charge in [-0.05, 0) is 27.2 Å². The van der Waals surface area contributed by atoms with Crippen LogP contribution in [0.5, 0.6) is 0 Å². The topological polar surface area (TPSA) is 66.6 Å². The Balaban J connectivity index is 4.41. The molecule has 0 fully saturated rings. The summed E-state index contributed by atoms with van der Waals surface area (Å²) in [6.45, 7) is 7.19. The minimum atomic E-state index is -0.881. The summed E-state index contributed by atoms with van der Waals surface area (Å²) in [7, 11) is 1.65. The van der Waals surface area contributed by atoms with Gasteiger partial charge in [0.2, 0.25) is 5.91 Å². The van der Waals surface area contributed by atoms with E-state index in [1.807, 2.05) is 6.92 Å². The summed E-state index contributed by atoms with van der Waals surface area (Å²) in [5, 5.41) is 9.54. The standard InChI is InChI=1S/C10H22N2O2/c1-6-10(4,11)8(13)12(5)7-9(2,3)14/h14H,6-7,11H2,1-5H3. The van der Waals surface area contributed by atoms with Crippen LogP contribution in [-0.2, 0) is 4.79 Å². The average Bonchev–Trinajstić information content (AvgIpc) is 2.00. The molecule has 0 aromatic heterocycles. The van der Waals surface area contributed by atoms with Crippen LogP contribution in [0.25, 0.3) is 0 Å². The number of hydrogen-bond acceptors (Lipinski definition) is 3. The van der Waals surface area contributed by atoms with Crippen LogP contribution >= 0.6 is 0 Å². The van der Waals surface area contributed by atoms with Crippen LogP contribution in [0, 0.1) is 0 Å². The molecule has 0 saturated heterocycles. The highest BCUT2D eigenvalue weighted by Crippen LogP contribution is 2.11. The molecule has 4 nitrogen and oxygen atoms in total. The lowest BCUT2D eigenvalue weighted by Crippen LogP contribution is -2.54. The number of nitrogens with two attached hydrogens (primary N) is 1. The normalized spacial score (nSPS) is 16.2. The molecule has 0 aliphatic rings. The summed E-state index contributed by atoms with van der Waals surface area (Å²) in [5.74, 6) is -0.137. The van der Waals surface area contributed by atoms with Crippen molar-refractivity contribution in [3.63, 3.8) is 0 Å². The summed E-state index contributed by atoms with van der Waals surface area (Å²) in [4.78, 5) is 13.2. The van der Waals surface area contributed by atoms with Gasteiger partial charge in [-0.3, -0.25) is 4.79 Å². The number of carbonyl (C=O) groups is 1. The lowest BCUT2D eigenvalue weighted by molar-refractivity contribution is -0.137. The van der Waals surface area contributed by atoms with Gasteiger partial charge in [-0.25, -0.2) is 0 Å². The third-order valence-electron chi connectivity index (χ3n) is 2.19. The molecule has 0 aromatic rings. The fraction of sp³-hybridized carbons (Fsp3) is 0.900. The number of nitrogens with zero attached hydrogens (tertiary/aromatic N) is 1. The Morgan fingerprint density at radius 2 is 1.86 bits per heavy atom. The van der Waals surface area contributed by atoms with Crippen LogP contribution in [0.3, 0.4) is 0 Å². The fourth-order valence-corrected chi connectivity index (χ4v) is 1.24. The molecule has 4 heteroatoms. The largest absolute Gasteiger partial charge is 0.389 e. The molecule has 1 atom stereocenters. The number of rotatable bonds is 4. The Labute approximate surface area is 86.1 Å². The monoisotopic (exact) mass is 202 g/mol. The van der Waals surface area contributed by atoms with Crippen molar-refractivity contribution in [2.75, 3.05) is 13.6 Å². The zero-order valence-electron chi connectivity index (χ0n) is 9.79. The number of amides is 1. The molecule has 1 unspecified atom stereocenters. The predicted octanol–water partition coefficient (Wildman–Crippen LogP) is 0.343. The van der Waals surface area contributed by atoms with Crippen LogP contribution in [0.1, 0.15) is 34.1 Å². The number of hydrogen-bond donors (Lipinski definition) is 2. The van der Waals surface area contributed by atoms with Crippen molar-refractivity contribution in [3.05, 3.63) is 0 Å². The number of carbonyl (C=O) groups excluding carboxylic acids is 1. The highest BCUT2D eigenvalue weighted by Gasteiger charge is 2.31.